The molecule has 0 radical (unpaired) electrons. The first-order chi connectivity index (χ1) is 12.4. The molecular formula is C18H17Br2N3O3. The van der Waals surface area contributed by atoms with Crippen LogP contribution in [0.15, 0.2) is 50.4 Å². The molecule has 2 aromatic rings. The number of phenols is 1. The minimum Gasteiger partial charge on any atom is -0.506 e. The van der Waals surface area contributed by atoms with Crippen LogP contribution in [0.3, 0.4) is 0 Å². The number of aromatic hydroxyl groups is 1. The number of hydrazone groups is 1. The summed E-state index contributed by atoms with van der Waals surface area (Å²) >= 11 is 6.43. The van der Waals surface area contributed by atoms with Crippen LogP contribution in [0.25, 0.3) is 0 Å². The molecule has 6 nitrogen and oxygen atoms in total. The number of carbonyl (C=O) groups is 2. The van der Waals surface area contributed by atoms with Gasteiger partial charge < -0.3 is 10.4 Å². The van der Waals surface area contributed by atoms with Gasteiger partial charge in [0.1, 0.15) is 5.75 Å². The molecule has 0 bridgehead atoms. The van der Waals surface area contributed by atoms with Crippen LogP contribution in [0.5, 0.6) is 5.75 Å². The second kappa shape index (κ2) is 9.49. The molecule has 0 aliphatic heterocycles. The van der Waals surface area contributed by atoms with E-state index in [0.29, 0.717) is 14.5 Å². The lowest BCUT2D eigenvalue weighted by atomic mass is 10.2. The van der Waals surface area contributed by atoms with Crippen molar-refractivity contribution in [2.24, 2.45) is 5.10 Å². The van der Waals surface area contributed by atoms with E-state index in [1.54, 1.807) is 12.1 Å². The van der Waals surface area contributed by atoms with Gasteiger partial charge in [-0.05, 0) is 68.1 Å². The highest BCUT2D eigenvalue weighted by Gasteiger charge is 2.08. The fourth-order valence-electron chi connectivity index (χ4n) is 2.05. The standard InChI is InChI=1S/C18H17Br2N3O3/c1-11-4-2-3-5-15(11)22-16(24)6-7-17(25)23-21-10-12-8-13(19)18(26)14(20)9-12/h2-5,8-10,26H,6-7H2,1H3,(H,22,24)(H,23,25)/b21-10+. The number of benzene rings is 2. The van der Waals surface area contributed by atoms with E-state index in [0.717, 1.165) is 11.3 Å². The Morgan fingerprint density at radius 1 is 1.12 bits per heavy atom. The first-order valence-electron chi connectivity index (χ1n) is 7.72. The van der Waals surface area contributed by atoms with E-state index < -0.39 is 0 Å². The molecule has 0 spiro atoms. The molecule has 0 heterocycles. The zero-order valence-electron chi connectivity index (χ0n) is 13.9. The van der Waals surface area contributed by atoms with E-state index in [4.69, 9.17) is 0 Å². The molecule has 2 aromatic carbocycles. The maximum atomic E-state index is 11.9. The number of anilines is 1. The smallest absolute Gasteiger partial charge is 0.240 e. The summed E-state index contributed by atoms with van der Waals surface area (Å²) in [6, 6.07) is 10.8. The number of hydrogen-bond donors (Lipinski definition) is 3. The number of aryl methyl sites for hydroxylation is 1. The second-order valence-electron chi connectivity index (χ2n) is 5.49. The van der Waals surface area contributed by atoms with Crippen LogP contribution in [-0.4, -0.2) is 23.1 Å². The molecular weight excluding hydrogens is 466 g/mol. The summed E-state index contributed by atoms with van der Waals surface area (Å²) in [6.45, 7) is 1.90. The summed E-state index contributed by atoms with van der Waals surface area (Å²) in [7, 11) is 0. The van der Waals surface area contributed by atoms with Crippen LogP contribution in [0, 0.1) is 6.92 Å². The fourth-order valence-corrected chi connectivity index (χ4v) is 3.27. The van der Waals surface area contributed by atoms with Crippen LogP contribution >= 0.6 is 31.9 Å². The predicted molar refractivity (Wildman–Crippen MR) is 108 cm³/mol. The van der Waals surface area contributed by atoms with Crippen molar-refractivity contribution in [1.29, 1.82) is 0 Å². The first-order valence-corrected chi connectivity index (χ1v) is 9.31. The summed E-state index contributed by atoms with van der Waals surface area (Å²) in [5.41, 5.74) is 4.75. The van der Waals surface area contributed by atoms with Gasteiger partial charge in [-0.2, -0.15) is 5.10 Å². The van der Waals surface area contributed by atoms with Crippen molar-refractivity contribution < 1.29 is 14.7 Å². The highest BCUT2D eigenvalue weighted by molar-refractivity contribution is 9.11. The van der Waals surface area contributed by atoms with Gasteiger partial charge in [0.15, 0.2) is 0 Å². The molecule has 0 aromatic heterocycles. The molecule has 2 amide bonds. The third kappa shape index (κ3) is 5.96. The molecule has 0 aliphatic rings. The number of amides is 2. The maximum absolute atomic E-state index is 11.9. The van der Waals surface area contributed by atoms with Crippen LogP contribution < -0.4 is 10.7 Å². The summed E-state index contributed by atoms with van der Waals surface area (Å²) in [4.78, 5) is 23.7. The summed E-state index contributed by atoms with van der Waals surface area (Å²) in [6.07, 6.45) is 1.53. The number of nitrogens with zero attached hydrogens (tertiary/aromatic N) is 1. The van der Waals surface area contributed by atoms with Crippen LogP contribution in [-0.2, 0) is 9.59 Å². The van der Waals surface area contributed by atoms with E-state index in [1.807, 2.05) is 31.2 Å². The third-order valence-corrected chi connectivity index (χ3v) is 4.65. The van der Waals surface area contributed by atoms with Crippen molar-refractivity contribution in [2.75, 3.05) is 5.32 Å². The first kappa shape index (κ1) is 20.1. The summed E-state index contributed by atoms with van der Waals surface area (Å²) in [5.74, 6) is -0.506. The van der Waals surface area contributed by atoms with Gasteiger partial charge in [-0.25, -0.2) is 5.43 Å². The number of halogens is 2. The lowest BCUT2D eigenvalue weighted by Crippen LogP contribution is -2.20. The predicted octanol–water partition coefficient (Wildman–Crippen LogP) is 4.09. The van der Waals surface area contributed by atoms with E-state index in [1.165, 1.54) is 6.21 Å². The zero-order chi connectivity index (χ0) is 19.1. The summed E-state index contributed by atoms with van der Waals surface area (Å²) in [5, 5.41) is 16.3. The van der Waals surface area contributed by atoms with Gasteiger partial charge in [-0.3, -0.25) is 9.59 Å². The number of hydrogen-bond acceptors (Lipinski definition) is 4. The monoisotopic (exact) mass is 481 g/mol. The molecule has 8 heteroatoms. The molecule has 0 saturated heterocycles. The Bertz CT molecular complexity index is 830. The van der Waals surface area contributed by atoms with Gasteiger partial charge >= 0.3 is 0 Å². The van der Waals surface area contributed by atoms with Crippen LogP contribution in [0.2, 0.25) is 0 Å². The molecule has 0 aliphatic carbocycles. The molecule has 26 heavy (non-hydrogen) atoms. The van der Waals surface area contributed by atoms with Crippen molar-refractivity contribution in [3.8, 4) is 5.75 Å². The van der Waals surface area contributed by atoms with Gasteiger partial charge in [0.05, 0.1) is 15.2 Å². The number of phenolic OH excluding ortho intramolecular Hbond substituents is 1. The largest absolute Gasteiger partial charge is 0.506 e. The van der Waals surface area contributed by atoms with Gasteiger partial charge in [0.25, 0.3) is 0 Å². The Morgan fingerprint density at radius 3 is 2.38 bits per heavy atom. The van der Waals surface area contributed by atoms with Crippen LogP contribution in [0.1, 0.15) is 24.0 Å². The molecule has 3 N–H and O–H groups in total. The number of para-hydroxylation sites is 1. The van der Waals surface area contributed by atoms with Crippen molar-refractivity contribution in [2.45, 2.75) is 19.8 Å². The molecule has 0 fully saturated rings. The van der Waals surface area contributed by atoms with Crippen molar-refractivity contribution in [3.05, 3.63) is 56.5 Å². The molecule has 0 saturated carbocycles. The average Bonchev–Trinajstić information content (AvgIpc) is 2.60. The molecule has 0 atom stereocenters. The number of rotatable bonds is 6. The minimum absolute atomic E-state index is 0.0258. The number of carbonyl (C=O) groups excluding carboxylic acids is 2. The van der Waals surface area contributed by atoms with Gasteiger partial charge in [0.2, 0.25) is 11.8 Å². The Balaban J connectivity index is 1.80. The van der Waals surface area contributed by atoms with Crippen molar-refractivity contribution in [3.63, 3.8) is 0 Å². The number of nitrogens with one attached hydrogen (secondary N) is 2. The van der Waals surface area contributed by atoms with Gasteiger partial charge in [0, 0.05) is 18.5 Å². The summed E-state index contributed by atoms with van der Waals surface area (Å²) < 4.78 is 1.01. The Hall–Kier alpha value is -2.19. The Labute approximate surface area is 167 Å². The Morgan fingerprint density at radius 2 is 1.73 bits per heavy atom. The highest BCUT2D eigenvalue weighted by atomic mass is 79.9. The maximum Gasteiger partial charge on any atom is 0.240 e. The van der Waals surface area contributed by atoms with Crippen molar-refractivity contribution in [1.82, 2.24) is 5.43 Å². The molecule has 2 rings (SSSR count). The fraction of sp³-hybridized carbons (Fsp3) is 0.167. The van der Waals surface area contributed by atoms with E-state index >= 15 is 0 Å². The zero-order valence-corrected chi connectivity index (χ0v) is 17.1. The van der Waals surface area contributed by atoms with Crippen molar-refractivity contribution >= 4 is 55.6 Å². The van der Waals surface area contributed by atoms with E-state index in [9.17, 15) is 14.7 Å². The van der Waals surface area contributed by atoms with Gasteiger partial charge in [-0.15, -0.1) is 0 Å². The molecule has 0 unspecified atom stereocenters. The Kier molecular flexibility index (Phi) is 7.35. The normalized spacial score (nSPS) is 10.7. The van der Waals surface area contributed by atoms with E-state index in [-0.39, 0.29) is 30.4 Å². The lowest BCUT2D eigenvalue weighted by Gasteiger charge is -2.07. The highest BCUT2D eigenvalue weighted by Crippen LogP contribution is 2.32. The molecule has 136 valence electrons. The third-order valence-electron chi connectivity index (χ3n) is 3.44. The topological polar surface area (TPSA) is 90.8 Å². The minimum atomic E-state index is -0.363. The van der Waals surface area contributed by atoms with Crippen LogP contribution in [0.4, 0.5) is 5.69 Å². The average molecular weight is 483 g/mol. The van der Waals surface area contributed by atoms with E-state index in [2.05, 4.69) is 47.7 Å². The SMILES string of the molecule is Cc1ccccc1NC(=O)CCC(=O)N/N=C/c1cc(Br)c(O)c(Br)c1. The van der Waals surface area contributed by atoms with Gasteiger partial charge in [-0.1, -0.05) is 18.2 Å². The quantitative estimate of drug-likeness (QED) is 0.427. The second-order valence-corrected chi connectivity index (χ2v) is 7.20. The lowest BCUT2D eigenvalue weighted by molar-refractivity contribution is -0.124.